The summed E-state index contributed by atoms with van der Waals surface area (Å²) in [6.07, 6.45) is 0. The number of thiazole rings is 1. The Labute approximate surface area is 266 Å². The molecule has 45 heavy (non-hydrogen) atoms. The Bertz CT molecular complexity index is 2130. The molecule has 0 saturated heterocycles. The Kier molecular flexibility index (Phi) is 7.90. The van der Waals surface area contributed by atoms with Crippen LogP contribution in [0, 0.1) is 0 Å². The highest BCUT2D eigenvalue weighted by Gasteiger charge is 2.37. The topological polar surface area (TPSA) is 117 Å². The summed E-state index contributed by atoms with van der Waals surface area (Å²) in [6, 6.07) is 18.3. The highest BCUT2D eigenvalue weighted by atomic mass is 35.5. The van der Waals surface area contributed by atoms with Crippen LogP contribution in [0.4, 0.5) is 5.69 Å². The molecular formula is C33H26ClN3O7S. The van der Waals surface area contributed by atoms with Gasteiger partial charge in [0.25, 0.3) is 11.5 Å². The van der Waals surface area contributed by atoms with E-state index in [1.165, 1.54) is 31.8 Å². The molecule has 0 bridgehead atoms. The van der Waals surface area contributed by atoms with E-state index in [4.69, 9.17) is 25.8 Å². The van der Waals surface area contributed by atoms with Gasteiger partial charge in [-0.15, -0.1) is 0 Å². The molecule has 1 aromatic heterocycles. The number of fused-ring (bicyclic) bond motifs is 2. The van der Waals surface area contributed by atoms with Gasteiger partial charge in [-0.2, -0.15) is 0 Å². The molecule has 1 atom stereocenters. The van der Waals surface area contributed by atoms with Crippen LogP contribution in [-0.4, -0.2) is 36.6 Å². The second-order valence-corrected chi connectivity index (χ2v) is 11.7. The normalized spacial score (nSPS) is 16.6. The number of allylic oxidation sites excluding steroid dienone is 1. The van der Waals surface area contributed by atoms with Crippen LogP contribution < -0.4 is 29.3 Å². The van der Waals surface area contributed by atoms with E-state index in [1.54, 1.807) is 42.2 Å². The molecule has 0 radical (unpaired) electrons. The van der Waals surface area contributed by atoms with Crippen molar-refractivity contribution in [1.29, 1.82) is 0 Å². The summed E-state index contributed by atoms with van der Waals surface area (Å²) in [6.45, 7) is 3.14. The molecule has 4 aromatic rings. The molecule has 228 valence electrons. The molecule has 2 aliphatic rings. The first kappa shape index (κ1) is 30.0. The number of rotatable bonds is 6. The van der Waals surface area contributed by atoms with Crippen LogP contribution in [0.25, 0.3) is 5.57 Å². The monoisotopic (exact) mass is 643 g/mol. The maximum absolute atomic E-state index is 14.4. The van der Waals surface area contributed by atoms with Gasteiger partial charge in [0.05, 0.1) is 49.3 Å². The smallest absolute Gasteiger partial charge is 0.338 e. The van der Waals surface area contributed by atoms with E-state index in [1.807, 2.05) is 30.3 Å². The predicted molar refractivity (Wildman–Crippen MR) is 168 cm³/mol. The highest BCUT2D eigenvalue weighted by Crippen LogP contribution is 2.38. The van der Waals surface area contributed by atoms with Crippen molar-refractivity contribution in [3.05, 3.63) is 119 Å². The number of benzene rings is 3. The van der Waals surface area contributed by atoms with Gasteiger partial charge in [0, 0.05) is 17.5 Å². The van der Waals surface area contributed by atoms with E-state index >= 15 is 0 Å². The highest BCUT2D eigenvalue weighted by molar-refractivity contribution is 7.07. The van der Waals surface area contributed by atoms with Gasteiger partial charge in [0.2, 0.25) is 0 Å². The number of aromatic nitrogens is 1. The molecule has 0 saturated carbocycles. The van der Waals surface area contributed by atoms with Crippen LogP contribution in [-0.2, 0) is 25.7 Å². The van der Waals surface area contributed by atoms with Crippen molar-refractivity contribution in [2.75, 3.05) is 19.1 Å². The third kappa shape index (κ3) is 5.13. The molecule has 0 fully saturated rings. The molecule has 0 aliphatic carbocycles. The molecule has 3 heterocycles. The predicted octanol–water partition coefficient (Wildman–Crippen LogP) is 3.91. The fourth-order valence-corrected chi connectivity index (χ4v) is 6.94. The summed E-state index contributed by atoms with van der Waals surface area (Å²) in [4.78, 5) is 59.8. The van der Waals surface area contributed by atoms with Crippen LogP contribution in [0.1, 0.15) is 36.6 Å². The van der Waals surface area contributed by atoms with Crippen LogP contribution in [0.5, 0.6) is 11.5 Å². The maximum atomic E-state index is 14.4. The average Bonchev–Trinajstić information content (AvgIpc) is 3.49. The first-order valence-electron chi connectivity index (χ1n) is 13.8. The number of halogens is 1. The maximum Gasteiger partial charge on any atom is 0.338 e. The van der Waals surface area contributed by atoms with Crippen molar-refractivity contribution in [3.63, 3.8) is 0 Å². The molecule has 10 nitrogen and oxygen atoms in total. The lowest BCUT2D eigenvalue weighted by Gasteiger charge is -2.25. The zero-order valence-corrected chi connectivity index (χ0v) is 26.2. The van der Waals surface area contributed by atoms with Crippen molar-refractivity contribution in [2.24, 2.45) is 4.99 Å². The Balaban J connectivity index is 1.57. The van der Waals surface area contributed by atoms with Gasteiger partial charge in [-0.3, -0.25) is 19.0 Å². The SMILES string of the molecule is COC(=O)C1=C(C)N=c2s/c(=C3\C(=O)N(Cc4ccccc4Cl)c4ccccc43)c(=O)n2[C@H]1c1ccc(OC(C)=O)c(OC)c1. The lowest BCUT2D eigenvalue weighted by molar-refractivity contribution is -0.136. The molecule has 0 spiro atoms. The lowest BCUT2D eigenvalue weighted by Crippen LogP contribution is -2.40. The quantitative estimate of drug-likeness (QED) is 0.231. The van der Waals surface area contributed by atoms with Crippen LogP contribution >= 0.6 is 22.9 Å². The summed E-state index contributed by atoms with van der Waals surface area (Å²) < 4.78 is 17.4. The minimum absolute atomic E-state index is 0.141. The first-order chi connectivity index (χ1) is 21.6. The summed E-state index contributed by atoms with van der Waals surface area (Å²) in [7, 11) is 2.66. The van der Waals surface area contributed by atoms with Crippen LogP contribution in [0.15, 0.2) is 87.8 Å². The standard InChI is InChI=1S/C33H26ClN3O7S/c1-17-26(32(41)43-4)28(19-13-14-24(44-18(2)38)25(15-19)42-3)37-31(40)29(45-33(37)35-17)27-21-10-6-8-12-23(21)36(30(27)39)16-20-9-5-7-11-22(20)34/h5-15,28H,16H2,1-4H3/b29-27-/t28-/m0/s1. The average molecular weight is 644 g/mol. The lowest BCUT2D eigenvalue weighted by atomic mass is 9.95. The zero-order chi connectivity index (χ0) is 32.0. The van der Waals surface area contributed by atoms with E-state index in [9.17, 15) is 19.2 Å². The zero-order valence-electron chi connectivity index (χ0n) is 24.6. The number of hydrogen-bond acceptors (Lipinski definition) is 9. The second kappa shape index (κ2) is 11.8. The number of methoxy groups -OCH3 is 2. The number of anilines is 1. The molecule has 6 rings (SSSR count). The van der Waals surface area contributed by atoms with E-state index in [-0.39, 0.29) is 39.6 Å². The molecule has 2 aliphatic heterocycles. The fourth-order valence-electron chi connectivity index (χ4n) is 5.61. The number of para-hydroxylation sites is 1. The molecular weight excluding hydrogens is 618 g/mol. The Hall–Kier alpha value is -5.00. The van der Waals surface area contributed by atoms with Gasteiger partial charge in [-0.25, -0.2) is 9.79 Å². The van der Waals surface area contributed by atoms with Crippen molar-refractivity contribution in [2.45, 2.75) is 26.4 Å². The Morgan fingerprint density at radius 3 is 2.44 bits per heavy atom. The third-order valence-electron chi connectivity index (χ3n) is 7.60. The minimum atomic E-state index is -0.977. The van der Waals surface area contributed by atoms with Crippen molar-refractivity contribution in [1.82, 2.24) is 4.57 Å². The summed E-state index contributed by atoms with van der Waals surface area (Å²) >= 11 is 7.50. The third-order valence-corrected chi connectivity index (χ3v) is 9.02. The van der Waals surface area contributed by atoms with Crippen molar-refractivity contribution < 1.29 is 28.6 Å². The van der Waals surface area contributed by atoms with Gasteiger partial charge in [0.15, 0.2) is 16.3 Å². The minimum Gasteiger partial charge on any atom is -0.493 e. The molecule has 1 amide bonds. The number of ether oxygens (including phenoxy) is 3. The van der Waals surface area contributed by atoms with Crippen molar-refractivity contribution >= 4 is 52.0 Å². The van der Waals surface area contributed by atoms with Crippen LogP contribution in [0.3, 0.4) is 0 Å². The fraction of sp³-hybridized carbons (Fsp3) is 0.182. The van der Waals surface area contributed by atoms with E-state index in [2.05, 4.69) is 4.99 Å². The van der Waals surface area contributed by atoms with Crippen molar-refractivity contribution in [3.8, 4) is 11.5 Å². The van der Waals surface area contributed by atoms with Gasteiger partial charge < -0.3 is 19.1 Å². The Morgan fingerprint density at radius 1 is 1.00 bits per heavy atom. The number of amides is 1. The first-order valence-corrected chi connectivity index (χ1v) is 15.0. The molecule has 12 heteroatoms. The van der Waals surface area contributed by atoms with Gasteiger partial charge in [-0.1, -0.05) is 65.4 Å². The summed E-state index contributed by atoms with van der Waals surface area (Å²) in [5, 5.41) is 0.525. The van der Waals surface area contributed by atoms with Crippen LogP contribution in [0.2, 0.25) is 5.02 Å². The number of carbonyl (C=O) groups excluding carboxylic acids is 3. The van der Waals surface area contributed by atoms with E-state index < -0.39 is 23.5 Å². The second-order valence-electron chi connectivity index (χ2n) is 10.3. The number of esters is 2. The molecule has 0 unspecified atom stereocenters. The number of hydrogen-bond donors (Lipinski definition) is 0. The van der Waals surface area contributed by atoms with Gasteiger partial charge in [0.1, 0.15) is 4.53 Å². The summed E-state index contributed by atoms with van der Waals surface area (Å²) in [5.74, 6) is -1.16. The van der Waals surface area contributed by atoms with Gasteiger partial charge in [-0.05, 0) is 42.3 Å². The number of nitrogens with zero attached hydrogens (tertiary/aromatic N) is 3. The Morgan fingerprint density at radius 2 is 1.73 bits per heavy atom. The largest absolute Gasteiger partial charge is 0.493 e. The number of carbonyl (C=O) groups is 3. The van der Waals surface area contributed by atoms with E-state index in [0.717, 1.165) is 16.9 Å². The summed E-state index contributed by atoms with van der Waals surface area (Å²) in [5.41, 5.74) is 2.73. The van der Waals surface area contributed by atoms with Gasteiger partial charge >= 0.3 is 11.9 Å². The molecule has 3 aromatic carbocycles. The molecule has 0 N–H and O–H groups in total. The van der Waals surface area contributed by atoms with E-state index in [0.29, 0.717) is 32.3 Å².